The standard InChI is InChI=1S/C11H6BrClN4/c12-8-2-1-6(13)3-7(8)10-16-9-4-14-5-15-11(9)17-10/h1-5H,(H,14,15,16,17). The van der Waals surface area contributed by atoms with Gasteiger partial charge in [0.15, 0.2) is 5.65 Å². The molecular formula is C11H6BrClN4. The summed E-state index contributed by atoms with van der Waals surface area (Å²) in [6.07, 6.45) is 3.16. The summed E-state index contributed by atoms with van der Waals surface area (Å²) in [6, 6.07) is 5.55. The van der Waals surface area contributed by atoms with Crippen LogP contribution < -0.4 is 0 Å². The molecule has 0 radical (unpaired) electrons. The summed E-state index contributed by atoms with van der Waals surface area (Å²) in [5.41, 5.74) is 2.34. The van der Waals surface area contributed by atoms with Gasteiger partial charge in [0.1, 0.15) is 17.7 Å². The van der Waals surface area contributed by atoms with Crippen molar-refractivity contribution in [2.24, 2.45) is 0 Å². The highest BCUT2D eigenvalue weighted by Crippen LogP contribution is 2.29. The van der Waals surface area contributed by atoms with Crippen molar-refractivity contribution in [3.05, 3.63) is 40.2 Å². The SMILES string of the molecule is Clc1ccc(Br)c(-c2nc3ncncc3[nH]2)c1. The van der Waals surface area contributed by atoms with Crippen molar-refractivity contribution in [1.82, 2.24) is 19.9 Å². The predicted molar refractivity (Wildman–Crippen MR) is 69.8 cm³/mol. The maximum atomic E-state index is 5.97. The quantitative estimate of drug-likeness (QED) is 0.749. The number of imidazole rings is 1. The molecule has 0 fully saturated rings. The van der Waals surface area contributed by atoms with Gasteiger partial charge in [-0.05, 0) is 18.2 Å². The van der Waals surface area contributed by atoms with Gasteiger partial charge in [0, 0.05) is 15.1 Å². The van der Waals surface area contributed by atoms with Gasteiger partial charge in [-0.25, -0.2) is 15.0 Å². The Hall–Kier alpha value is -1.46. The number of nitrogens with one attached hydrogen (secondary N) is 1. The molecule has 17 heavy (non-hydrogen) atoms. The van der Waals surface area contributed by atoms with Gasteiger partial charge >= 0.3 is 0 Å². The van der Waals surface area contributed by atoms with Gasteiger partial charge < -0.3 is 4.98 Å². The number of rotatable bonds is 1. The molecule has 6 heteroatoms. The highest BCUT2D eigenvalue weighted by atomic mass is 79.9. The average molecular weight is 310 g/mol. The first-order valence-corrected chi connectivity index (χ1v) is 6.02. The highest BCUT2D eigenvalue weighted by molar-refractivity contribution is 9.10. The first-order chi connectivity index (χ1) is 8.24. The van der Waals surface area contributed by atoms with Gasteiger partial charge in [0.25, 0.3) is 0 Å². The molecule has 0 unspecified atom stereocenters. The zero-order chi connectivity index (χ0) is 11.8. The number of hydrogen-bond acceptors (Lipinski definition) is 3. The molecule has 1 aromatic carbocycles. The minimum absolute atomic E-state index is 0.641. The van der Waals surface area contributed by atoms with Gasteiger partial charge in [-0.1, -0.05) is 27.5 Å². The largest absolute Gasteiger partial charge is 0.335 e. The summed E-state index contributed by atoms with van der Waals surface area (Å²) in [5.74, 6) is 0.717. The van der Waals surface area contributed by atoms with Crippen LogP contribution in [-0.4, -0.2) is 19.9 Å². The van der Waals surface area contributed by atoms with Crippen LogP contribution in [0, 0.1) is 0 Å². The molecule has 1 N–H and O–H groups in total. The lowest BCUT2D eigenvalue weighted by molar-refractivity contribution is 1.20. The Labute approximate surface area is 110 Å². The highest BCUT2D eigenvalue weighted by Gasteiger charge is 2.09. The molecule has 2 heterocycles. The maximum absolute atomic E-state index is 5.97. The summed E-state index contributed by atoms with van der Waals surface area (Å²) in [7, 11) is 0. The van der Waals surface area contributed by atoms with Crippen LogP contribution in [0.2, 0.25) is 5.02 Å². The van der Waals surface area contributed by atoms with E-state index in [2.05, 4.69) is 35.9 Å². The molecule has 0 aliphatic rings. The van der Waals surface area contributed by atoms with Crippen LogP contribution in [0.5, 0.6) is 0 Å². The third kappa shape index (κ3) is 1.92. The lowest BCUT2D eigenvalue weighted by Crippen LogP contribution is -1.82. The third-order valence-electron chi connectivity index (χ3n) is 2.35. The molecule has 0 bridgehead atoms. The fourth-order valence-electron chi connectivity index (χ4n) is 1.57. The Kier molecular flexibility index (Phi) is 2.57. The monoisotopic (exact) mass is 308 g/mol. The molecule has 0 aliphatic heterocycles. The number of aromatic nitrogens is 4. The molecule has 0 aliphatic carbocycles. The van der Waals surface area contributed by atoms with Crippen molar-refractivity contribution in [2.45, 2.75) is 0 Å². The lowest BCUT2D eigenvalue weighted by atomic mass is 10.2. The molecule has 3 rings (SSSR count). The number of halogens is 2. The molecule has 84 valence electrons. The molecule has 0 saturated heterocycles. The topological polar surface area (TPSA) is 54.5 Å². The molecule has 2 aromatic heterocycles. The van der Waals surface area contributed by atoms with Gasteiger partial charge in [-0.3, -0.25) is 0 Å². The fourth-order valence-corrected chi connectivity index (χ4v) is 2.17. The van der Waals surface area contributed by atoms with E-state index < -0.39 is 0 Å². The number of benzene rings is 1. The van der Waals surface area contributed by atoms with Gasteiger partial charge in [-0.2, -0.15) is 0 Å². The number of fused-ring (bicyclic) bond motifs is 1. The smallest absolute Gasteiger partial charge is 0.181 e. The van der Waals surface area contributed by atoms with E-state index in [0.29, 0.717) is 10.7 Å². The van der Waals surface area contributed by atoms with E-state index in [1.165, 1.54) is 6.33 Å². The van der Waals surface area contributed by atoms with Crippen LogP contribution in [0.4, 0.5) is 0 Å². The summed E-state index contributed by atoms with van der Waals surface area (Å²) in [4.78, 5) is 15.6. The molecule has 0 saturated carbocycles. The number of nitrogens with zero attached hydrogens (tertiary/aromatic N) is 3. The molecule has 0 atom stereocenters. The van der Waals surface area contributed by atoms with Crippen LogP contribution in [0.25, 0.3) is 22.6 Å². The van der Waals surface area contributed by atoms with Crippen molar-refractivity contribution < 1.29 is 0 Å². The van der Waals surface area contributed by atoms with Crippen molar-refractivity contribution in [2.75, 3.05) is 0 Å². The molecule has 0 amide bonds. The average Bonchev–Trinajstić information content (AvgIpc) is 2.75. The van der Waals surface area contributed by atoms with Crippen LogP contribution in [0.3, 0.4) is 0 Å². The Morgan fingerprint density at radius 1 is 1.29 bits per heavy atom. The second-order valence-corrected chi connectivity index (χ2v) is 4.76. The molecule has 3 aromatic rings. The van der Waals surface area contributed by atoms with Gasteiger partial charge in [0.05, 0.1) is 6.20 Å². The normalized spacial score (nSPS) is 10.9. The van der Waals surface area contributed by atoms with Crippen molar-refractivity contribution in [1.29, 1.82) is 0 Å². The number of aromatic amines is 1. The van der Waals surface area contributed by atoms with Crippen molar-refractivity contribution in [3.8, 4) is 11.4 Å². The summed E-state index contributed by atoms with van der Waals surface area (Å²) in [6.45, 7) is 0. The predicted octanol–water partition coefficient (Wildman–Crippen LogP) is 3.44. The Morgan fingerprint density at radius 3 is 3.00 bits per heavy atom. The van der Waals surface area contributed by atoms with Crippen LogP contribution in [0.1, 0.15) is 0 Å². The second kappa shape index (κ2) is 4.09. The summed E-state index contributed by atoms with van der Waals surface area (Å²) in [5, 5.41) is 0.662. The summed E-state index contributed by atoms with van der Waals surface area (Å²) < 4.78 is 0.925. The van der Waals surface area contributed by atoms with Crippen molar-refractivity contribution in [3.63, 3.8) is 0 Å². The van der Waals surface area contributed by atoms with E-state index in [1.54, 1.807) is 6.20 Å². The minimum Gasteiger partial charge on any atom is -0.335 e. The van der Waals surface area contributed by atoms with Crippen LogP contribution in [-0.2, 0) is 0 Å². The van der Waals surface area contributed by atoms with E-state index in [9.17, 15) is 0 Å². The minimum atomic E-state index is 0.641. The fraction of sp³-hybridized carbons (Fsp3) is 0. The Balaban J connectivity index is 2.23. The van der Waals surface area contributed by atoms with E-state index in [4.69, 9.17) is 11.6 Å². The maximum Gasteiger partial charge on any atom is 0.181 e. The zero-order valence-electron chi connectivity index (χ0n) is 8.48. The third-order valence-corrected chi connectivity index (χ3v) is 3.27. The first-order valence-electron chi connectivity index (χ1n) is 4.85. The van der Waals surface area contributed by atoms with Gasteiger partial charge in [0.2, 0.25) is 0 Å². The van der Waals surface area contributed by atoms with E-state index >= 15 is 0 Å². The van der Waals surface area contributed by atoms with Crippen molar-refractivity contribution >= 4 is 38.7 Å². The van der Waals surface area contributed by atoms with E-state index in [1.807, 2.05) is 18.2 Å². The Morgan fingerprint density at radius 2 is 2.18 bits per heavy atom. The van der Waals surface area contributed by atoms with E-state index in [0.717, 1.165) is 21.4 Å². The van der Waals surface area contributed by atoms with Crippen LogP contribution in [0.15, 0.2) is 35.2 Å². The van der Waals surface area contributed by atoms with E-state index in [-0.39, 0.29) is 0 Å². The zero-order valence-corrected chi connectivity index (χ0v) is 10.8. The molecular weight excluding hydrogens is 304 g/mol. The molecule has 0 spiro atoms. The Bertz CT molecular complexity index is 662. The lowest BCUT2D eigenvalue weighted by Gasteiger charge is -2.00. The summed E-state index contributed by atoms with van der Waals surface area (Å²) >= 11 is 9.44. The number of hydrogen-bond donors (Lipinski definition) is 1. The second-order valence-electron chi connectivity index (χ2n) is 3.47. The number of H-pyrrole nitrogens is 1. The first kappa shape index (κ1) is 10.7. The van der Waals surface area contributed by atoms with Gasteiger partial charge in [-0.15, -0.1) is 0 Å². The molecule has 4 nitrogen and oxygen atoms in total. The van der Waals surface area contributed by atoms with Crippen LogP contribution >= 0.6 is 27.5 Å².